The van der Waals surface area contributed by atoms with Gasteiger partial charge in [0.15, 0.2) is 0 Å². The predicted molar refractivity (Wildman–Crippen MR) is 108 cm³/mol. The molecule has 0 atom stereocenters. The number of hydrogen-bond donors (Lipinski definition) is 0. The van der Waals surface area contributed by atoms with E-state index in [1.165, 1.54) is 9.31 Å². The van der Waals surface area contributed by atoms with Crippen molar-refractivity contribution in [3.8, 4) is 0 Å². The molecule has 2 aliphatic rings. The van der Waals surface area contributed by atoms with Crippen LogP contribution in [0.15, 0.2) is 76.7 Å². The molecular formula is C21H17N3O3S. The van der Waals surface area contributed by atoms with E-state index in [1.54, 1.807) is 24.3 Å². The molecule has 28 heavy (non-hydrogen) atoms. The van der Waals surface area contributed by atoms with Gasteiger partial charge in [0, 0.05) is 11.8 Å². The van der Waals surface area contributed by atoms with Crippen LogP contribution in [0.2, 0.25) is 0 Å². The Labute approximate surface area is 162 Å². The lowest BCUT2D eigenvalue weighted by molar-refractivity contribution is -0.129. The van der Waals surface area contributed by atoms with E-state index in [2.05, 4.69) is 5.10 Å². The summed E-state index contributed by atoms with van der Waals surface area (Å²) in [6, 6.07) is 20.3. The molecule has 0 saturated carbocycles. The lowest BCUT2D eigenvalue weighted by Gasteiger charge is -2.20. The van der Waals surface area contributed by atoms with Crippen molar-refractivity contribution in [2.75, 3.05) is 17.4 Å². The first-order valence-corrected chi connectivity index (χ1v) is 10.5. The van der Waals surface area contributed by atoms with Gasteiger partial charge in [-0.15, -0.1) is 0 Å². The molecule has 1 amide bonds. The minimum atomic E-state index is -3.75. The summed E-state index contributed by atoms with van der Waals surface area (Å²) >= 11 is 0. The second-order valence-corrected chi connectivity index (χ2v) is 8.65. The van der Waals surface area contributed by atoms with Crippen LogP contribution in [0.25, 0.3) is 10.8 Å². The van der Waals surface area contributed by atoms with Gasteiger partial charge in [0.2, 0.25) is 0 Å². The maximum atomic E-state index is 13.0. The summed E-state index contributed by atoms with van der Waals surface area (Å²) in [4.78, 5) is 13.1. The topological polar surface area (TPSA) is 70.1 Å². The Morgan fingerprint density at radius 1 is 0.964 bits per heavy atom. The summed E-state index contributed by atoms with van der Waals surface area (Å²) in [6.07, 6.45) is 0.651. The zero-order valence-corrected chi connectivity index (χ0v) is 15.8. The minimum absolute atomic E-state index is 0.253. The molecule has 140 valence electrons. The highest BCUT2D eigenvalue weighted by Gasteiger charge is 2.37. The van der Waals surface area contributed by atoms with E-state index in [9.17, 15) is 13.2 Å². The van der Waals surface area contributed by atoms with E-state index in [1.807, 2.05) is 42.5 Å². The molecule has 0 unspecified atom stereocenters. The van der Waals surface area contributed by atoms with Gasteiger partial charge in [0.25, 0.3) is 15.9 Å². The van der Waals surface area contributed by atoms with Gasteiger partial charge in [-0.2, -0.15) is 5.10 Å². The molecule has 0 saturated heterocycles. The zero-order valence-electron chi connectivity index (χ0n) is 14.9. The molecule has 0 fully saturated rings. The second-order valence-electron chi connectivity index (χ2n) is 6.82. The molecule has 0 bridgehead atoms. The zero-order chi connectivity index (χ0) is 19.3. The molecule has 3 aromatic carbocycles. The molecule has 2 heterocycles. The average Bonchev–Trinajstić information content (AvgIpc) is 3.29. The highest BCUT2D eigenvalue weighted by atomic mass is 32.2. The summed E-state index contributed by atoms with van der Waals surface area (Å²) in [6.45, 7) is 0.190. The average molecular weight is 391 g/mol. The molecule has 6 nitrogen and oxygen atoms in total. The quantitative estimate of drug-likeness (QED) is 0.689. The van der Waals surface area contributed by atoms with Crippen LogP contribution in [0.1, 0.15) is 12.0 Å². The Morgan fingerprint density at radius 2 is 1.71 bits per heavy atom. The molecule has 0 N–H and O–H groups in total. The number of hydrogen-bond acceptors (Lipinski definition) is 4. The monoisotopic (exact) mass is 391 g/mol. The van der Waals surface area contributed by atoms with Crippen molar-refractivity contribution in [3.63, 3.8) is 0 Å². The largest absolute Gasteiger partial charge is 0.271 e. The number of rotatable bonds is 3. The fraction of sp³-hybridized carbons (Fsp3) is 0.143. The number of benzene rings is 3. The van der Waals surface area contributed by atoms with Gasteiger partial charge in [0.1, 0.15) is 6.54 Å². The van der Waals surface area contributed by atoms with E-state index < -0.39 is 10.0 Å². The summed E-state index contributed by atoms with van der Waals surface area (Å²) in [5, 5.41) is 7.32. The second kappa shape index (κ2) is 6.17. The number of carbonyl (C=O) groups is 1. The van der Waals surface area contributed by atoms with Crippen molar-refractivity contribution in [2.45, 2.75) is 11.3 Å². The first kappa shape index (κ1) is 16.9. The number of amides is 1. The number of sulfonamides is 1. The van der Waals surface area contributed by atoms with Crippen LogP contribution in [0, 0.1) is 0 Å². The molecule has 0 radical (unpaired) electrons. The van der Waals surface area contributed by atoms with Crippen LogP contribution in [0.4, 0.5) is 5.69 Å². The van der Waals surface area contributed by atoms with E-state index in [0.29, 0.717) is 24.0 Å². The summed E-state index contributed by atoms with van der Waals surface area (Å²) < 4.78 is 27.2. The number of anilines is 1. The van der Waals surface area contributed by atoms with Crippen molar-refractivity contribution < 1.29 is 13.2 Å². The van der Waals surface area contributed by atoms with Crippen molar-refractivity contribution >= 4 is 38.1 Å². The van der Waals surface area contributed by atoms with Crippen molar-refractivity contribution in [2.24, 2.45) is 5.10 Å². The van der Waals surface area contributed by atoms with Crippen LogP contribution in [0.3, 0.4) is 0 Å². The summed E-state index contributed by atoms with van der Waals surface area (Å²) in [5.41, 5.74) is 2.36. The van der Waals surface area contributed by atoms with Crippen LogP contribution in [0.5, 0.6) is 0 Å². The van der Waals surface area contributed by atoms with E-state index >= 15 is 0 Å². The smallest absolute Gasteiger partial charge is 0.265 e. The molecular weight excluding hydrogens is 374 g/mol. The summed E-state index contributed by atoms with van der Waals surface area (Å²) in [5.74, 6) is -0.334. The highest BCUT2D eigenvalue weighted by molar-refractivity contribution is 7.93. The van der Waals surface area contributed by atoms with E-state index in [0.717, 1.165) is 16.7 Å². The van der Waals surface area contributed by atoms with Crippen LogP contribution in [-0.2, 0) is 14.8 Å². The Balaban J connectivity index is 1.45. The Hall–Kier alpha value is -3.19. The minimum Gasteiger partial charge on any atom is -0.271 e. The van der Waals surface area contributed by atoms with Crippen molar-refractivity contribution in [1.82, 2.24) is 5.01 Å². The number of nitrogens with zero attached hydrogens (tertiary/aromatic N) is 3. The predicted octanol–water partition coefficient (Wildman–Crippen LogP) is 2.99. The Morgan fingerprint density at radius 3 is 2.50 bits per heavy atom. The highest BCUT2D eigenvalue weighted by Crippen LogP contribution is 2.41. The molecule has 0 spiro atoms. The maximum absolute atomic E-state index is 13.0. The summed E-state index contributed by atoms with van der Waals surface area (Å²) in [7, 11) is -3.75. The Kier molecular flexibility index (Phi) is 3.73. The van der Waals surface area contributed by atoms with Gasteiger partial charge >= 0.3 is 0 Å². The third-order valence-corrected chi connectivity index (χ3v) is 6.96. The van der Waals surface area contributed by atoms with Crippen LogP contribution in [-0.4, -0.2) is 38.1 Å². The maximum Gasteiger partial charge on any atom is 0.265 e. The fourth-order valence-corrected chi connectivity index (χ4v) is 5.46. The van der Waals surface area contributed by atoms with Gasteiger partial charge in [-0.05, 0) is 23.1 Å². The van der Waals surface area contributed by atoms with Crippen molar-refractivity contribution in [1.29, 1.82) is 0 Å². The fourth-order valence-electron chi connectivity index (χ4n) is 3.80. The molecule has 0 aliphatic carbocycles. The molecule has 7 heteroatoms. The van der Waals surface area contributed by atoms with Gasteiger partial charge in [-0.3, -0.25) is 9.10 Å². The Bertz CT molecular complexity index is 1230. The molecule has 2 aliphatic heterocycles. The normalized spacial score (nSPS) is 17.2. The van der Waals surface area contributed by atoms with Gasteiger partial charge in [-0.25, -0.2) is 13.4 Å². The third-order valence-electron chi connectivity index (χ3n) is 5.16. The van der Waals surface area contributed by atoms with Gasteiger partial charge < -0.3 is 0 Å². The van der Waals surface area contributed by atoms with Crippen LogP contribution < -0.4 is 4.31 Å². The first-order chi connectivity index (χ1) is 13.6. The molecule has 0 aromatic heterocycles. The SMILES string of the molecule is O=C(CN1c2cccc3cccc(c23)S1(=O)=O)N1CCC(c2ccccc2)=N1. The number of hydrazone groups is 1. The third kappa shape index (κ3) is 2.51. The number of carbonyl (C=O) groups excluding carboxylic acids is 1. The lowest BCUT2D eigenvalue weighted by atomic mass is 10.1. The first-order valence-electron chi connectivity index (χ1n) is 9.03. The van der Waals surface area contributed by atoms with E-state index in [4.69, 9.17) is 0 Å². The van der Waals surface area contributed by atoms with Crippen LogP contribution >= 0.6 is 0 Å². The van der Waals surface area contributed by atoms with E-state index in [-0.39, 0.29) is 17.3 Å². The van der Waals surface area contributed by atoms with Gasteiger partial charge in [0.05, 0.1) is 22.8 Å². The van der Waals surface area contributed by atoms with Crippen molar-refractivity contribution in [3.05, 3.63) is 72.3 Å². The molecule has 5 rings (SSSR count). The van der Waals surface area contributed by atoms with Gasteiger partial charge in [-0.1, -0.05) is 54.6 Å². The molecule has 3 aromatic rings. The standard InChI is InChI=1S/C21H17N3O3S/c25-20(23-13-12-17(22-23)15-6-2-1-3-7-15)14-24-18-10-4-8-16-9-5-11-19(21(16)18)28(24,26)27/h1-11H,12-14H2. The lowest BCUT2D eigenvalue weighted by Crippen LogP contribution is -2.38.